The molecule has 21 heavy (non-hydrogen) atoms. The van der Waals surface area contributed by atoms with E-state index >= 15 is 0 Å². The maximum Gasteiger partial charge on any atom is 0.308 e. The van der Waals surface area contributed by atoms with Crippen LogP contribution in [0, 0.1) is 5.92 Å². The zero-order valence-electron chi connectivity index (χ0n) is 12.2. The van der Waals surface area contributed by atoms with Crippen molar-refractivity contribution in [2.45, 2.75) is 45.1 Å². The number of carboxylic acids is 1. The average Bonchev–Trinajstić information content (AvgIpc) is 2.50. The van der Waals surface area contributed by atoms with Crippen LogP contribution < -0.4 is 0 Å². The summed E-state index contributed by atoms with van der Waals surface area (Å²) >= 11 is 0. The zero-order valence-corrected chi connectivity index (χ0v) is 12.2. The Morgan fingerprint density at radius 3 is 2.71 bits per heavy atom. The maximum absolute atomic E-state index is 11.4. The van der Waals surface area contributed by atoms with Crippen LogP contribution in [0.25, 0.3) is 0 Å². The highest BCUT2D eigenvalue weighted by molar-refractivity contribution is 5.71. The van der Waals surface area contributed by atoms with E-state index in [0.717, 1.165) is 5.69 Å². The average molecular weight is 294 g/mol. The van der Waals surface area contributed by atoms with Crippen molar-refractivity contribution in [1.29, 1.82) is 0 Å². The monoisotopic (exact) mass is 294 g/mol. The number of carbonyl (C=O) groups excluding carboxylic acids is 1. The van der Waals surface area contributed by atoms with Crippen molar-refractivity contribution in [2.75, 3.05) is 0 Å². The van der Waals surface area contributed by atoms with Crippen LogP contribution >= 0.6 is 0 Å². The minimum Gasteiger partial charge on any atom is -0.481 e. The Hall–Kier alpha value is -1.95. The molecule has 6 heteroatoms. The van der Waals surface area contributed by atoms with Crippen molar-refractivity contribution >= 4 is 12.4 Å². The number of aliphatic carboxylic acids is 1. The van der Waals surface area contributed by atoms with Crippen LogP contribution in [0.3, 0.4) is 0 Å². The molecule has 0 saturated heterocycles. The molecule has 1 amide bonds. The third-order valence-electron chi connectivity index (χ3n) is 3.49. The lowest BCUT2D eigenvalue weighted by molar-refractivity contribution is -0.173. The maximum atomic E-state index is 11.4. The highest BCUT2D eigenvalue weighted by atomic mass is 16.5. The molecule has 0 aliphatic heterocycles. The van der Waals surface area contributed by atoms with Gasteiger partial charge in [-0.1, -0.05) is 19.4 Å². The van der Waals surface area contributed by atoms with Gasteiger partial charge in [-0.25, -0.2) is 5.06 Å². The predicted octanol–water partition coefficient (Wildman–Crippen LogP) is 2.12. The van der Waals surface area contributed by atoms with Gasteiger partial charge < -0.3 is 5.11 Å². The number of hydrogen-bond acceptors (Lipinski definition) is 4. The fourth-order valence-electron chi connectivity index (χ4n) is 2.42. The number of aryl methyl sites for hydroxylation is 1. The molecule has 0 aromatic carbocycles. The van der Waals surface area contributed by atoms with E-state index in [1.807, 2.05) is 25.1 Å². The molecule has 1 rings (SSSR count). The topological polar surface area (TPSA) is 90.7 Å². The summed E-state index contributed by atoms with van der Waals surface area (Å²) in [6, 6.07) is 4.92. The van der Waals surface area contributed by atoms with E-state index in [1.165, 1.54) is 0 Å². The summed E-state index contributed by atoms with van der Waals surface area (Å²) in [6.07, 6.45) is 4.83. The van der Waals surface area contributed by atoms with E-state index in [2.05, 4.69) is 4.98 Å². The Labute approximate surface area is 124 Å². The Kier molecular flexibility index (Phi) is 7.39. The summed E-state index contributed by atoms with van der Waals surface area (Å²) in [5.74, 6) is -1.76. The van der Waals surface area contributed by atoms with Crippen LogP contribution in [0.15, 0.2) is 24.4 Å². The predicted molar refractivity (Wildman–Crippen MR) is 76.7 cm³/mol. The van der Waals surface area contributed by atoms with Crippen molar-refractivity contribution < 1.29 is 19.9 Å². The molecule has 2 atom stereocenters. The van der Waals surface area contributed by atoms with Gasteiger partial charge in [0.2, 0.25) is 6.41 Å². The van der Waals surface area contributed by atoms with Gasteiger partial charge in [-0.3, -0.25) is 19.8 Å². The minimum absolute atomic E-state index is 0.273. The minimum atomic E-state index is -0.990. The molecular formula is C15H22N2O4. The van der Waals surface area contributed by atoms with Gasteiger partial charge in [0, 0.05) is 11.9 Å². The molecule has 2 N–H and O–H groups in total. The first-order valence-corrected chi connectivity index (χ1v) is 7.15. The van der Waals surface area contributed by atoms with E-state index < -0.39 is 17.9 Å². The fraction of sp³-hybridized carbons (Fsp3) is 0.533. The molecule has 0 unspecified atom stereocenters. The molecule has 6 nitrogen and oxygen atoms in total. The number of nitrogens with zero attached hydrogens (tertiary/aromatic N) is 2. The number of hydrogen-bond donors (Lipinski definition) is 2. The number of rotatable bonds is 10. The number of carboxylic acid groups (broad SMARTS) is 1. The van der Waals surface area contributed by atoms with Crippen molar-refractivity contribution in [3.63, 3.8) is 0 Å². The number of aromatic nitrogens is 1. The molecule has 1 aromatic heterocycles. The molecule has 0 radical (unpaired) electrons. The summed E-state index contributed by atoms with van der Waals surface area (Å²) in [5.41, 5.74) is 0.907. The quantitative estimate of drug-likeness (QED) is 0.392. The van der Waals surface area contributed by atoms with Crippen molar-refractivity contribution in [3.05, 3.63) is 30.1 Å². The third kappa shape index (κ3) is 5.51. The van der Waals surface area contributed by atoms with Gasteiger partial charge in [0.15, 0.2) is 0 Å². The highest BCUT2D eigenvalue weighted by Gasteiger charge is 2.31. The van der Waals surface area contributed by atoms with E-state index in [4.69, 9.17) is 0 Å². The van der Waals surface area contributed by atoms with Crippen LogP contribution in [0.2, 0.25) is 0 Å². The first-order chi connectivity index (χ1) is 10.1. The van der Waals surface area contributed by atoms with Crippen molar-refractivity contribution in [1.82, 2.24) is 10.0 Å². The summed E-state index contributed by atoms with van der Waals surface area (Å²) in [6.45, 7) is 1.89. The normalized spacial score (nSPS) is 13.4. The van der Waals surface area contributed by atoms with E-state index in [-0.39, 0.29) is 6.41 Å². The molecule has 0 saturated carbocycles. The Morgan fingerprint density at radius 2 is 2.19 bits per heavy atom. The van der Waals surface area contributed by atoms with Crippen molar-refractivity contribution in [3.8, 4) is 0 Å². The summed E-state index contributed by atoms with van der Waals surface area (Å²) in [7, 11) is 0. The van der Waals surface area contributed by atoms with E-state index in [9.17, 15) is 19.9 Å². The van der Waals surface area contributed by atoms with E-state index in [1.54, 1.807) is 6.20 Å². The number of amides is 1. The largest absolute Gasteiger partial charge is 0.481 e. The molecule has 1 heterocycles. The first kappa shape index (κ1) is 17.1. The van der Waals surface area contributed by atoms with Gasteiger partial charge >= 0.3 is 5.97 Å². The van der Waals surface area contributed by atoms with Gasteiger partial charge in [0.1, 0.15) is 0 Å². The fourth-order valence-corrected chi connectivity index (χ4v) is 2.42. The lowest BCUT2D eigenvalue weighted by atomic mass is 9.90. The summed E-state index contributed by atoms with van der Waals surface area (Å²) < 4.78 is 0. The molecule has 116 valence electrons. The van der Waals surface area contributed by atoms with Gasteiger partial charge in [-0.15, -0.1) is 0 Å². The van der Waals surface area contributed by atoms with Crippen LogP contribution in [0.4, 0.5) is 0 Å². The van der Waals surface area contributed by atoms with Crippen LogP contribution in [0.1, 0.15) is 38.3 Å². The van der Waals surface area contributed by atoms with E-state index in [0.29, 0.717) is 37.2 Å². The third-order valence-corrected chi connectivity index (χ3v) is 3.49. The second-order valence-corrected chi connectivity index (χ2v) is 5.00. The number of carbonyl (C=O) groups is 2. The number of hydroxylamine groups is 2. The van der Waals surface area contributed by atoms with Crippen LogP contribution in [0.5, 0.6) is 0 Å². The lowest BCUT2D eigenvalue weighted by Gasteiger charge is -2.27. The van der Waals surface area contributed by atoms with Crippen LogP contribution in [-0.2, 0) is 16.0 Å². The SMILES string of the molecule is CCC[C@@H]([C@@H](CCCc1ccccn1)C(=O)O)N(O)C=O. The smallest absolute Gasteiger partial charge is 0.308 e. The Bertz CT molecular complexity index is 439. The Morgan fingerprint density at radius 1 is 1.43 bits per heavy atom. The van der Waals surface area contributed by atoms with Gasteiger partial charge in [-0.2, -0.15) is 0 Å². The molecule has 0 aliphatic rings. The number of pyridine rings is 1. The molecular weight excluding hydrogens is 272 g/mol. The lowest BCUT2D eigenvalue weighted by Crippen LogP contribution is -2.41. The highest BCUT2D eigenvalue weighted by Crippen LogP contribution is 2.21. The Balaban J connectivity index is 2.63. The van der Waals surface area contributed by atoms with Gasteiger partial charge in [0.05, 0.1) is 12.0 Å². The molecule has 0 fully saturated rings. The molecule has 0 aliphatic carbocycles. The summed E-state index contributed by atoms with van der Waals surface area (Å²) in [5, 5.41) is 19.4. The van der Waals surface area contributed by atoms with Gasteiger partial charge in [0.25, 0.3) is 0 Å². The second-order valence-electron chi connectivity index (χ2n) is 5.00. The van der Waals surface area contributed by atoms with Gasteiger partial charge in [-0.05, 0) is 37.8 Å². The summed E-state index contributed by atoms with van der Waals surface area (Å²) in [4.78, 5) is 26.3. The van der Waals surface area contributed by atoms with Crippen LogP contribution in [-0.4, -0.2) is 38.8 Å². The molecule has 1 aromatic rings. The second kappa shape index (κ2) is 9.07. The standard InChI is InChI=1S/C15H22N2O4/c1-2-6-14(17(21)11-18)13(15(19)20)9-5-8-12-7-3-4-10-16-12/h3-4,7,10-11,13-14,21H,2,5-6,8-9H2,1H3,(H,19,20)/t13-,14+/m1/s1. The molecule has 0 bridgehead atoms. The first-order valence-electron chi connectivity index (χ1n) is 7.15. The van der Waals surface area contributed by atoms with Crippen molar-refractivity contribution in [2.24, 2.45) is 5.92 Å². The molecule has 0 spiro atoms. The zero-order chi connectivity index (χ0) is 15.7.